The largest absolute Gasteiger partial charge is 0.494 e. The number of aryl methyl sites for hydroxylation is 1. The molecule has 1 aromatic heterocycles. The van der Waals surface area contributed by atoms with Gasteiger partial charge in [0, 0.05) is 6.08 Å². The first-order chi connectivity index (χ1) is 11.9. The number of rotatable bonds is 6. The molecule has 0 aliphatic carbocycles. The van der Waals surface area contributed by atoms with E-state index >= 15 is 0 Å². The second kappa shape index (κ2) is 8.14. The molecule has 0 fully saturated rings. The third kappa shape index (κ3) is 4.69. The van der Waals surface area contributed by atoms with Crippen LogP contribution < -0.4 is 10.1 Å². The van der Waals surface area contributed by atoms with Gasteiger partial charge in [0.05, 0.1) is 20.8 Å². The lowest BCUT2D eigenvalue weighted by Crippen LogP contribution is -2.19. The Labute approximate surface area is 144 Å². The molecule has 25 heavy (non-hydrogen) atoms. The fraction of sp³-hybridized carbons (Fsp3) is 0.222. The van der Waals surface area contributed by atoms with Crippen LogP contribution in [0.4, 0.5) is 4.39 Å². The number of carbonyl (C=O) groups is 2. The molecule has 0 radical (unpaired) electrons. The van der Waals surface area contributed by atoms with E-state index in [0.29, 0.717) is 22.6 Å². The molecule has 2 aromatic rings. The smallest absolute Gasteiger partial charge is 0.341 e. The number of hydrogen-bond donors (Lipinski definition) is 1. The van der Waals surface area contributed by atoms with Crippen molar-refractivity contribution in [3.63, 3.8) is 0 Å². The molecular formula is C18H18FNO5. The van der Waals surface area contributed by atoms with Crippen molar-refractivity contribution in [2.75, 3.05) is 14.2 Å². The van der Waals surface area contributed by atoms with Gasteiger partial charge in [-0.05, 0) is 36.8 Å². The van der Waals surface area contributed by atoms with Gasteiger partial charge in [0.2, 0.25) is 5.91 Å². The van der Waals surface area contributed by atoms with Crippen molar-refractivity contribution in [3.8, 4) is 5.75 Å². The van der Waals surface area contributed by atoms with Crippen molar-refractivity contribution in [3.05, 3.63) is 58.8 Å². The van der Waals surface area contributed by atoms with Gasteiger partial charge in [0.1, 0.15) is 17.1 Å². The van der Waals surface area contributed by atoms with Crippen LogP contribution in [-0.4, -0.2) is 26.1 Å². The summed E-state index contributed by atoms with van der Waals surface area (Å²) in [6, 6.07) is 5.89. The van der Waals surface area contributed by atoms with Crippen LogP contribution in [0.2, 0.25) is 0 Å². The normalized spacial score (nSPS) is 10.7. The van der Waals surface area contributed by atoms with E-state index in [4.69, 9.17) is 9.15 Å². The van der Waals surface area contributed by atoms with Gasteiger partial charge in [-0.1, -0.05) is 6.07 Å². The maximum absolute atomic E-state index is 13.6. The van der Waals surface area contributed by atoms with Gasteiger partial charge >= 0.3 is 5.97 Å². The molecule has 0 atom stereocenters. The quantitative estimate of drug-likeness (QED) is 0.642. The maximum Gasteiger partial charge on any atom is 0.341 e. The van der Waals surface area contributed by atoms with E-state index in [1.807, 2.05) is 0 Å². The lowest BCUT2D eigenvalue weighted by atomic mass is 10.2. The molecule has 0 aliphatic rings. The first kappa shape index (κ1) is 18.3. The van der Waals surface area contributed by atoms with Crippen LogP contribution in [0.25, 0.3) is 6.08 Å². The van der Waals surface area contributed by atoms with E-state index < -0.39 is 11.8 Å². The highest BCUT2D eigenvalue weighted by atomic mass is 19.1. The summed E-state index contributed by atoms with van der Waals surface area (Å²) in [7, 11) is 2.66. The van der Waals surface area contributed by atoms with Gasteiger partial charge in [-0.15, -0.1) is 0 Å². The fourth-order valence-corrected chi connectivity index (χ4v) is 2.13. The number of benzene rings is 1. The summed E-state index contributed by atoms with van der Waals surface area (Å²) < 4.78 is 28.4. The lowest BCUT2D eigenvalue weighted by molar-refractivity contribution is -0.116. The van der Waals surface area contributed by atoms with E-state index in [0.717, 1.165) is 0 Å². The van der Waals surface area contributed by atoms with E-state index in [1.165, 1.54) is 44.6 Å². The molecule has 0 saturated carbocycles. The number of hydrogen-bond acceptors (Lipinski definition) is 5. The number of nitrogens with one attached hydrogen (secondary N) is 1. The molecule has 1 N–H and O–H groups in total. The molecule has 6 nitrogen and oxygen atoms in total. The van der Waals surface area contributed by atoms with Crippen molar-refractivity contribution in [1.82, 2.24) is 5.32 Å². The molecule has 1 aromatic carbocycles. The van der Waals surface area contributed by atoms with Crippen molar-refractivity contribution >= 4 is 18.0 Å². The zero-order valence-corrected chi connectivity index (χ0v) is 14.1. The van der Waals surface area contributed by atoms with Gasteiger partial charge in [0.15, 0.2) is 11.6 Å². The van der Waals surface area contributed by atoms with E-state index in [-0.39, 0.29) is 18.2 Å². The zero-order chi connectivity index (χ0) is 18.4. The molecule has 0 aliphatic heterocycles. The highest BCUT2D eigenvalue weighted by molar-refractivity contribution is 5.92. The Morgan fingerprint density at radius 3 is 2.68 bits per heavy atom. The van der Waals surface area contributed by atoms with Gasteiger partial charge in [0.25, 0.3) is 0 Å². The predicted octanol–water partition coefficient (Wildman–Crippen LogP) is 2.85. The van der Waals surface area contributed by atoms with E-state index in [1.54, 1.807) is 13.0 Å². The highest BCUT2D eigenvalue weighted by Crippen LogP contribution is 2.18. The minimum Gasteiger partial charge on any atom is -0.494 e. The van der Waals surface area contributed by atoms with Crippen molar-refractivity contribution < 1.29 is 27.9 Å². The molecule has 132 valence electrons. The van der Waals surface area contributed by atoms with Crippen molar-refractivity contribution in [2.24, 2.45) is 0 Å². The van der Waals surface area contributed by atoms with Crippen LogP contribution in [0.3, 0.4) is 0 Å². The van der Waals surface area contributed by atoms with Crippen LogP contribution in [0.15, 0.2) is 34.8 Å². The summed E-state index contributed by atoms with van der Waals surface area (Å²) in [4.78, 5) is 23.3. The number of halogens is 1. The first-order valence-electron chi connectivity index (χ1n) is 7.41. The third-order valence-corrected chi connectivity index (χ3v) is 3.41. The average Bonchev–Trinajstić information content (AvgIpc) is 2.98. The topological polar surface area (TPSA) is 77.8 Å². The van der Waals surface area contributed by atoms with Crippen LogP contribution in [0.1, 0.15) is 27.4 Å². The predicted molar refractivity (Wildman–Crippen MR) is 88.6 cm³/mol. The Kier molecular flexibility index (Phi) is 5.94. The Balaban J connectivity index is 1.94. The second-order valence-electron chi connectivity index (χ2n) is 5.12. The van der Waals surface area contributed by atoms with Gasteiger partial charge in [-0.25, -0.2) is 9.18 Å². The third-order valence-electron chi connectivity index (χ3n) is 3.41. The van der Waals surface area contributed by atoms with E-state index in [2.05, 4.69) is 10.1 Å². The van der Waals surface area contributed by atoms with Crippen molar-refractivity contribution in [2.45, 2.75) is 13.5 Å². The second-order valence-corrected chi connectivity index (χ2v) is 5.12. The summed E-state index contributed by atoms with van der Waals surface area (Å²) >= 11 is 0. The summed E-state index contributed by atoms with van der Waals surface area (Å²) in [5.74, 6) is -0.414. The van der Waals surface area contributed by atoms with E-state index in [9.17, 15) is 14.0 Å². The summed E-state index contributed by atoms with van der Waals surface area (Å²) in [5.41, 5.74) is 0.839. The Morgan fingerprint density at radius 1 is 1.28 bits per heavy atom. The fourth-order valence-electron chi connectivity index (χ4n) is 2.13. The number of ether oxygens (including phenoxy) is 2. The Morgan fingerprint density at radius 2 is 2.04 bits per heavy atom. The molecular weight excluding hydrogens is 329 g/mol. The molecule has 0 bridgehead atoms. The summed E-state index contributed by atoms with van der Waals surface area (Å²) in [6.07, 6.45) is 2.75. The lowest BCUT2D eigenvalue weighted by Gasteiger charge is -2.02. The molecule has 0 saturated heterocycles. The maximum atomic E-state index is 13.6. The molecule has 0 spiro atoms. The molecule has 7 heteroatoms. The summed E-state index contributed by atoms with van der Waals surface area (Å²) in [5, 5.41) is 2.61. The van der Waals surface area contributed by atoms with Crippen LogP contribution >= 0.6 is 0 Å². The Hall–Kier alpha value is -3.09. The number of esters is 1. The minimum absolute atomic E-state index is 0.109. The number of amides is 1. The average molecular weight is 347 g/mol. The molecule has 1 amide bonds. The zero-order valence-electron chi connectivity index (χ0n) is 14.1. The SMILES string of the molecule is COC(=O)c1cc(CNC(=O)C=Cc2ccc(OC)c(F)c2)oc1C. The standard InChI is InChI=1S/C18H18FNO5/c1-11-14(18(22)24-3)9-13(25-11)10-20-17(21)7-5-12-4-6-16(23-2)15(19)8-12/h4-9H,10H2,1-3H3,(H,20,21). The van der Waals surface area contributed by atoms with Gasteiger partial charge in [-0.2, -0.15) is 0 Å². The Bertz CT molecular complexity index is 810. The highest BCUT2D eigenvalue weighted by Gasteiger charge is 2.15. The molecule has 1 heterocycles. The minimum atomic E-state index is -0.508. The van der Waals surface area contributed by atoms with Crippen molar-refractivity contribution in [1.29, 1.82) is 0 Å². The van der Waals surface area contributed by atoms with Crippen LogP contribution in [0, 0.1) is 12.7 Å². The molecule has 0 unspecified atom stereocenters. The monoisotopic (exact) mass is 347 g/mol. The van der Waals surface area contributed by atoms with Crippen LogP contribution in [-0.2, 0) is 16.1 Å². The number of carbonyl (C=O) groups excluding carboxylic acids is 2. The number of methoxy groups -OCH3 is 2. The first-order valence-corrected chi connectivity index (χ1v) is 7.41. The van der Waals surface area contributed by atoms with Crippen LogP contribution in [0.5, 0.6) is 5.75 Å². The summed E-state index contributed by atoms with van der Waals surface area (Å²) in [6.45, 7) is 1.74. The van der Waals surface area contributed by atoms with Gasteiger partial charge in [-0.3, -0.25) is 4.79 Å². The van der Waals surface area contributed by atoms with Gasteiger partial charge < -0.3 is 19.2 Å². The number of furan rings is 1. The molecule has 2 rings (SSSR count).